The molecule has 0 bridgehead atoms. The fourth-order valence-electron chi connectivity index (χ4n) is 2.84. The highest BCUT2D eigenvalue weighted by molar-refractivity contribution is 9.09. The number of aromatic nitrogens is 1. The summed E-state index contributed by atoms with van der Waals surface area (Å²) < 4.78 is 7.58. The minimum absolute atomic E-state index is 0.0306. The Hall–Kier alpha value is -1.78. The quantitative estimate of drug-likeness (QED) is 0.285. The van der Waals surface area contributed by atoms with Crippen LogP contribution in [0.25, 0.3) is 5.52 Å². The van der Waals surface area contributed by atoms with Crippen molar-refractivity contribution in [2.45, 2.75) is 19.8 Å². The van der Waals surface area contributed by atoms with Crippen molar-refractivity contribution < 1.29 is 9.53 Å². The van der Waals surface area contributed by atoms with Gasteiger partial charge in [-0.05, 0) is 54.8 Å². The number of fused-ring (bicyclic) bond motifs is 1. The molecule has 3 aromatic rings. The van der Waals surface area contributed by atoms with Crippen LogP contribution in [0.2, 0.25) is 5.02 Å². The number of ether oxygens (including phenoxy) is 1. The predicted molar refractivity (Wildman–Crippen MR) is 106 cm³/mol. The van der Waals surface area contributed by atoms with E-state index < -0.39 is 0 Å². The summed E-state index contributed by atoms with van der Waals surface area (Å²) in [6, 6.07) is 13.2. The van der Waals surface area contributed by atoms with Gasteiger partial charge >= 0.3 is 0 Å². The number of nitrogens with zero attached hydrogens (tertiary/aromatic N) is 1. The highest BCUT2D eigenvalue weighted by atomic mass is 79.9. The van der Waals surface area contributed by atoms with E-state index in [1.54, 1.807) is 18.2 Å². The molecule has 0 amide bonds. The minimum atomic E-state index is -0.0306. The molecule has 0 aliphatic carbocycles. The first-order chi connectivity index (χ1) is 12.2. The molecule has 0 saturated heterocycles. The number of rotatable bonds is 7. The lowest BCUT2D eigenvalue weighted by Crippen LogP contribution is -2.08. The lowest BCUT2D eigenvalue weighted by atomic mass is 10.0. The van der Waals surface area contributed by atoms with Crippen molar-refractivity contribution in [2.24, 2.45) is 0 Å². The SMILES string of the molecule is CCc1cc2ccccn2c1C(=O)c1ccc(OCCCBr)c(Cl)c1. The molecule has 0 radical (unpaired) electrons. The summed E-state index contributed by atoms with van der Waals surface area (Å²) in [7, 11) is 0. The summed E-state index contributed by atoms with van der Waals surface area (Å²) in [5.41, 5.74) is 3.31. The fourth-order valence-corrected chi connectivity index (χ4v) is 3.30. The molecule has 25 heavy (non-hydrogen) atoms. The molecule has 0 saturated carbocycles. The maximum atomic E-state index is 13.1. The van der Waals surface area contributed by atoms with E-state index in [0.717, 1.165) is 29.3 Å². The van der Waals surface area contributed by atoms with Crippen molar-refractivity contribution in [2.75, 3.05) is 11.9 Å². The van der Waals surface area contributed by atoms with Gasteiger partial charge in [0.1, 0.15) is 5.75 Å². The van der Waals surface area contributed by atoms with E-state index in [1.165, 1.54) is 0 Å². The van der Waals surface area contributed by atoms with Gasteiger partial charge in [0.25, 0.3) is 0 Å². The molecule has 2 heterocycles. The molecule has 0 fully saturated rings. The minimum Gasteiger partial charge on any atom is -0.492 e. The lowest BCUT2D eigenvalue weighted by molar-refractivity contribution is 0.103. The summed E-state index contributed by atoms with van der Waals surface area (Å²) >= 11 is 9.68. The largest absolute Gasteiger partial charge is 0.492 e. The van der Waals surface area contributed by atoms with Gasteiger partial charge in [0.2, 0.25) is 5.78 Å². The van der Waals surface area contributed by atoms with Crippen LogP contribution in [0.15, 0.2) is 48.7 Å². The van der Waals surface area contributed by atoms with Gasteiger partial charge in [0, 0.05) is 22.6 Å². The highest BCUT2D eigenvalue weighted by Gasteiger charge is 2.19. The molecule has 3 nitrogen and oxygen atoms in total. The van der Waals surface area contributed by atoms with Gasteiger partial charge in [-0.1, -0.05) is 40.5 Å². The van der Waals surface area contributed by atoms with Crippen LogP contribution >= 0.6 is 27.5 Å². The number of carbonyl (C=O) groups is 1. The van der Waals surface area contributed by atoms with E-state index in [2.05, 4.69) is 28.9 Å². The topological polar surface area (TPSA) is 30.7 Å². The first-order valence-electron chi connectivity index (χ1n) is 8.27. The lowest BCUT2D eigenvalue weighted by Gasteiger charge is -2.10. The first kappa shape index (κ1) is 18.0. The van der Waals surface area contributed by atoms with E-state index in [4.69, 9.17) is 16.3 Å². The number of benzene rings is 1. The molecule has 0 aliphatic rings. The number of aryl methyl sites for hydroxylation is 1. The molecule has 1 aromatic carbocycles. The Bertz CT molecular complexity index is 904. The van der Waals surface area contributed by atoms with Crippen LogP contribution in [-0.4, -0.2) is 22.1 Å². The van der Waals surface area contributed by atoms with Gasteiger partial charge in [-0.25, -0.2) is 0 Å². The molecule has 3 rings (SSSR count). The Morgan fingerprint density at radius 2 is 2.08 bits per heavy atom. The van der Waals surface area contributed by atoms with Crippen molar-refractivity contribution in [3.05, 3.63) is 70.5 Å². The standard InChI is InChI=1S/C20H19BrClNO2/c1-2-14-12-16-6-3-4-10-23(16)19(14)20(24)15-7-8-18(17(22)13-15)25-11-5-9-21/h3-4,6-8,10,12-13H,2,5,9,11H2,1H3. The Labute approximate surface area is 160 Å². The molecule has 130 valence electrons. The molecule has 0 spiro atoms. The maximum absolute atomic E-state index is 13.1. The average Bonchev–Trinajstić information content (AvgIpc) is 3.01. The third-order valence-corrected chi connectivity index (χ3v) is 4.94. The van der Waals surface area contributed by atoms with Crippen molar-refractivity contribution in [3.63, 3.8) is 0 Å². The van der Waals surface area contributed by atoms with Crippen LogP contribution in [0.4, 0.5) is 0 Å². The normalized spacial score (nSPS) is 11.0. The molecule has 2 aromatic heterocycles. The van der Waals surface area contributed by atoms with Crippen LogP contribution < -0.4 is 4.74 Å². The summed E-state index contributed by atoms with van der Waals surface area (Å²) in [5, 5.41) is 1.33. The van der Waals surface area contributed by atoms with E-state index in [1.807, 2.05) is 28.8 Å². The van der Waals surface area contributed by atoms with Gasteiger partial charge in [-0.3, -0.25) is 4.79 Å². The van der Waals surface area contributed by atoms with Crippen LogP contribution in [0.1, 0.15) is 35.0 Å². The van der Waals surface area contributed by atoms with Gasteiger partial charge in [0.05, 0.1) is 17.3 Å². The molecular weight excluding hydrogens is 402 g/mol. The third-order valence-electron chi connectivity index (χ3n) is 4.08. The van der Waals surface area contributed by atoms with Crippen molar-refractivity contribution in [3.8, 4) is 5.75 Å². The monoisotopic (exact) mass is 419 g/mol. The second kappa shape index (κ2) is 8.07. The zero-order valence-corrected chi connectivity index (χ0v) is 16.3. The van der Waals surface area contributed by atoms with Crippen LogP contribution in [0.5, 0.6) is 5.75 Å². The second-order valence-corrected chi connectivity index (χ2v) is 6.93. The zero-order valence-electron chi connectivity index (χ0n) is 14.0. The van der Waals surface area contributed by atoms with E-state index in [-0.39, 0.29) is 5.78 Å². The van der Waals surface area contributed by atoms with Gasteiger partial charge < -0.3 is 9.14 Å². The molecule has 0 atom stereocenters. The van der Waals surface area contributed by atoms with E-state index in [0.29, 0.717) is 28.6 Å². The Morgan fingerprint density at radius 3 is 2.80 bits per heavy atom. The highest BCUT2D eigenvalue weighted by Crippen LogP contribution is 2.28. The number of hydrogen-bond acceptors (Lipinski definition) is 2. The Morgan fingerprint density at radius 1 is 1.24 bits per heavy atom. The number of ketones is 1. The number of halogens is 2. The smallest absolute Gasteiger partial charge is 0.210 e. The van der Waals surface area contributed by atoms with E-state index in [9.17, 15) is 4.79 Å². The van der Waals surface area contributed by atoms with Crippen LogP contribution in [0.3, 0.4) is 0 Å². The molecular formula is C20H19BrClNO2. The molecule has 0 N–H and O–H groups in total. The van der Waals surface area contributed by atoms with Crippen LogP contribution in [-0.2, 0) is 6.42 Å². The summed E-state index contributed by atoms with van der Waals surface area (Å²) in [4.78, 5) is 13.1. The first-order valence-corrected chi connectivity index (χ1v) is 9.77. The van der Waals surface area contributed by atoms with Gasteiger partial charge in [0.15, 0.2) is 0 Å². The van der Waals surface area contributed by atoms with E-state index >= 15 is 0 Å². The molecule has 0 aliphatic heterocycles. The van der Waals surface area contributed by atoms with Crippen molar-refractivity contribution in [1.29, 1.82) is 0 Å². The van der Waals surface area contributed by atoms with Crippen molar-refractivity contribution in [1.82, 2.24) is 4.40 Å². The fraction of sp³-hybridized carbons (Fsp3) is 0.250. The second-order valence-electron chi connectivity index (χ2n) is 5.73. The number of carbonyl (C=O) groups excluding carboxylic acids is 1. The molecule has 5 heteroatoms. The average molecular weight is 421 g/mol. The van der Waals surface area contributed by atoms with Gasteiger partial charge in [-0.15, -0.1) is 0 Å². The Kier molecular flexibility index (Phi) is 5.82. The summed E-state index contributed by atoms with van der Waals surface area (Å²) in [5.74, 6) is 0.576. The van der Waals surface area contributed by atoms with Gasteiger partial charge in [-0.2, -0.15) is 0 Å². The Balaban J connectivity index is 1.95. The molecule has 0 unspecified atom stereocenters. The third kappa shape index (κ3) is 3.75. The number of hydrogen-bond donors (Lipinski definition) is 0. The van der Waals surface area contributed by atoms with Crippen LogP contribution in [0, 0.1) is 0 Å². The zero-order chi connectivity index (χ0) is 17.8. The number of alkyl halides is 1. The maximum Gasteiger partial charge on any atom is 0.210 e. The summed E-state index contributed by atoms with van der Waals surface area (Å²) in [6.07, 6.45) is 3.61. The summed E-state index contributed by atoms with van der Waals surface area (Å²) in [6.45, 7) is 2.64. The number of pyridine rings is 1. The predicted octanol–water partition coefficient (Wildman–Crippen LogP) is 5.55. The van der Waals surface area contributed by atoms with Crippen molar-refractivity contribution >= 4 is 38.8 Å².